The lowest BCUT2D eigenvalue weighted by Crippen LogP contribution is -2.49. The number of nitrogens with one attached hydrogen (secondary N) is 1. The van der Waals surface area contributed by atoms with Gasteiger partial charge in [-0.05, 0) is 60.7 Å². The maximum atomic E-state index is 12.6. The predicted molar refractivity (Wildman–Crippen MR) is 108 cm³/mol. The van der Waals surface area contributed by atoms with E-state index in [1.807, 2.05) is 42.1 Å². The van der Waals surface area contributed by atoms with Crippen LogP contribution in [0.1, 0.15) is 33.6 Å². The number of amides is 1. The van der Waals surface area contributed by atoms with Crippen molar-refractivity contribution in [2.75, 3.05) is 13.2 Å². The Kier molecular flexibility index (Phi) is 5.69. The lowest BCUT2D eigenvalue weighted by molar-refractivity contribution is -0.0140. The molecule has 2 aromatic heterocycles. The highest BCUT2D eigenvalue weighted by Crippen LogP contribution is 2.17. The molecule has 7 heteroatoms. The van der Waals surface area contributed by atoms with Gasteiger partial charge in [0.05, 0.1) is 24.4 Å². The predicted octanol–water partition coefficient (Wildman–Crippen LogP) is 2.05. The summed E-state index contributed by atoms with van der Waals surface area (Å²) in [5.74, 6) is -0.296. The summed E-state index contributed by atoms with van der Waals surface area (Å²) in [5.41, 5.74) is 4.55. The molecule has 1 aromatic carbocycles. The second-order valence-electron chi connectivity index (χ2n) is 7.30. The number of rotatable bonds is 5. The number of ether oxygens (including phenoxy) is 1. The first-order valence-electron chi connectivity index (χ1n) is 9.71. The van der Waals surface area contributed by atoms with Gasteiger partial charge in [-0.3, -0.25) is 9.78 Å². The van der Waals surface area contributed by atoms with Crippen LogP contribution in [0.4, 0.5) is 0 Å². The molecule has 2 N–H and O–H groups in total. The molecule has 0 bridgehead atoms. The number of hydrogen-bond acceptors (Lipinski definition) is 5. The van der Waals surface area contributed by atoms with Gasteiger partial charge in [0.25, 0.3) is 5.91 Å². The first kappa shape index (κ1) is 19.3. The van der Waals surface area contributed by atoms with Crippen LogP contribution in [0.25, 0.3) is 5.69 Å². The van der Waals surface area contributed by atoms with Crippen molar-refractivity contribution in [1.29, 1.82) is 0 Å². The van der Waals surface area contributed by atoms with Gasteiger partial charge in [-0.2, -0.15) is 5.10 Å². The number of aliphatic hydroxyl groups excluding tert-OH is 1. The SMILES string of the molecule is Cc1cnc(C(=O)N[C@H]2COCC[C@@H]2O)cc1Cc1ccc(-n2cccn2)cc1. The fourth-order valence-electron chi connectivity index (χ4n) is 3.39. The maximum absolute atomic E-state index is 12.6. The van der Waals surface area contributed by atoms with E-state index in [1.165, 1.54) is 0 Å². The van der Waals surface area contributed by atoms with E-state index >= 15 is 0 Å². The summed E-state index contributed by atoms with van der Waals surface area (Å²) in [6.45, 7) is 2.81. The summed E-state index contributed by atoms with van der Waals surface area (Å²) >= 11 is 0. The second-order valence-corrected chi connectivity index (χ2v) is 7.30. The van der Waals surface area contributed by atoms with Gasteiger partial charge in [0.15, 0.2) is 0 Å². The number of aryl methyl sites for hydroxylation is 1. The zero-order valence-corrected chi connectivity index (χ0v) is 16.3. The summed E-state index contributed by atoms with van der Waals surface area (Å²) in [5, 5.41) is 17.1. The van der Waals surface area contributed by atoms with Crippen molar-refractivity contribution in [3.8, 4) is 5.69 Å². The van der Waals surface area contributed by atoms with E-state index in [0.29, 0.717) is 31.7 Å². The van der Waals surface area contributed by atoms with Crippen LogP contribution in [-0.2, 0) is 11.2 Å². The number of nitrogens with zero attached hydrogens (tertiary/aromatic N) is 3. The van der Waals surface area contributed by atoms with E-state index in [-0.39, 0.29) is 5.91 Å². The lowest BCUT2D eigenvalue weighted by Gasteiger charge is -2.28. The Balaban J connectivity index is 1.47. The fourth-order valence-corrected chi connectivity index (χ4v) is 3.39. The molecule has 7 nitrogen and oxygen atoms in total. The Morgan fingerprint density at radius 3 is 2.90 bits per heavy atom. The Morgan fingerprint density at radius 1 is 1.34 bits per heavy atom. The third-order valence-corrected chi connectivity index (χ3v) is 5.18. The minimum absolute atomic E-state index is 0.296. The number of hydrogen-bond donors (Lipinski definition) is 2. The van der Waals surface area contributed by atoms with E-state index in [9.17, 15) is 9.90 Å². The van der Waals surface area contributed by atoms with Crippen LogP contribution >= 0.6 is 0 Å². The van der Waals surface area contributed by atoms with Gasteiger partial charge in [-0.15, -0.1) is 0 Å². The first-order chi connectivity index (χ1) is 14.1. The number of carbonyl (C=O) groups excluding carboxylic acids is 1. The Hall–Kier alpha value is -3.03. The van der Waals surface area contributed by atoms with Gasteiger partial charge in [-0.25, -0.2) is 4.68 Å². The molecule has 0 radical (unpaired) electrons. The standard InChI is InChI=1S/C22H24N4O3/c1-15-13-23-19(22(28)25-20-14-29-10-7-21(20)27)12-17(15)11-16-3-5-18(6-4-16)26-9-2-8-24-26/h2-6,8-9,12-13,20-21,27H,7,10-11,14H2,1H3,(H,25,28)/t20-,21-/m0/s1. The highest BCUT2D eigenvalue weighted by molar-refractivity contribution is 5.92. The minimum Gasteiger partial charge on any atom is -0.391 e. The summed E-state index contributed by atoms with van der Waals surface area (Å²) < 4.78 is 7.16. The van der Waals surface area contributed by atoms with Crippen molar-refractivity contribution in [2.24, 2.45) is 0 Å². The molecule has 29 heavy (non-hydrogen) atoms. The molecule has 0 spiro atoms. The van der Waals surface area contributed by atoms with E-state index in [1.54, 1.807) is 12.4 Å². The van der Waals surface area contributed by atoms with Gasteiger partial charge in [0.2, 0.25) is 0 Å². The molecule has 0 aliphatic carbocycles. The molecular weight excluding hydrogens is 368 g/mol. The van der Waals surface area contributed by atoms with Crippen LogP contribution in [-0.4, -0.2) is 51.1 Å². The highest BCUT2D eigenvalue weighted by Gasteiger charge is 2.26. The number of aromatic nitrogens is 3. The maximum Gasteiger partial charge on any atom is 0.270 e. The smallest absolute Gasteiger partial charge is 0.270 e. The van der Waals surface area contributed by atoms with E-state index in [2.05, 4.69) is 27.5 Å². The molecule has 1 fully saturated rings. The van der Waals surface area contributed by atoms with Gasteiger partial charge in [-0.1, -0.05) is 12.1 Å². The molecule has 3 aromatic rings. The van der Waals surface area contributed by atoms with Gasteiger partial charge in [0.1, 0.15) is 5.69 Å². The topological polar surface area (TPSA) is 89.3 Å². The fraction of sp³-hybridized carbons (Fsp3) is 0.318. The molecule has 1 amide bonds. The molecule has 0 saturated carbocycles. The van der Waals surface area contributed by atoms with E-state index in [0.717, 1.165) is 22.4 Å². The average Bonchev–Trinajstić information content (AvgIpc) is 3.27. The van der Waals surface area contributed by atoms with E-state index in [4.69, 9.17) is 4.74 Å². The van der Waals surface area contributed by atoms with Gasteiger partial charge >= 0.3 is 0 Å². The number of carbonyl (C=O) groups is 1. The lowest BCUT2D eigenvalue weighted by atomic mass is 10.0. The first-order valence-corrected chi connectivity index (χ1v) is 9.71. The zero-order valence-electron chi connectivity index (χ0n) is 16.3. The van der Waals surface area contributed by atoms with Gasteiger partial charge in [0, 0.05) is 25.2 Å². The van der Waals surface area contributed by atoms with E-state index < -0.39 is 12.1 Å². The van der Waals surface area contributed by atoms with Crippen LogP contribution in [0.5, 0.6) is 0 Å². The Labute approximate surface area is 169 Å². The largest absolute Gasteiger partial charge is 0.391 e. The second kappa shape index (κ2) is 8.55. The molecule has 150 valence electrons. The molecule has 1 aliphatic rings. The molecule has 4 rings (SSSR count). The number of pyridine rings is 1. The summed E-state index contributed by atoms with van der Waals surface area (Å²) in [4.78, 5) is 16.9. The molecule has 3 heterocycles. The van der Waals surface area contributed by atoms with Crippen LogP contribution in [0, 0.1) is 6.92 Å². The average molecular weight is 392 g/mol. The summed E-state index contributed by atoms with van der Waals surface area (Å²) in [6.07, 6.45) is 6.00. The Bertz CT molecular complexity index is 970. The molecule has 1 saturated heterocycles. The molecule has 0 unspecified atom stereocenters. The number of aliphatic hydroxyl groups is 1. The third kappa shape index (κ3) is 4.52. The van der Waals surface area contributed by atoms with Crippen LogP contribution in [0.15, 0.2) is 55.0 Å². The quantitative estimate of drug-likeness (QED) is 0.694. The van der Waals surface area contributed by atoms with Crippen molar-refractivity contribution >= 4 is 5.91 Å². The zero-order chi connectivity index (χ0) is 20.2. The highest BCUT2D eigenvalue weighted by atomic mass is 16.5. The van der Waals surface area contributed by atoms with Crippen molar-refractivity contribution in [1.82, 2.24) is 20.1 Å². The summed E-state index contributed by atoms with van der Waals surface area (Å²) in [6, 6.07) is 11.5. The molecule has 2 atom stereocenters. The van der Waals surface area contributed by atoms with Crippen molar-refractivity contribution in [3.05, 3.63) is 77.4 Å². The minimum atomic E-state index is -0.592. The van der Waals surface area contributed by atoms with Crippen molar-refractivity contribution in [2.45, 2.75) is 31.9 Å². The Morgan fingerprint density at radius 2 is 2.17 bits per heavy atom. The molecule has 1 aliphatic heterocycles. The summed E-state index contributed by atoms with van der Waals surface area (Å²) in [7, 11) is 0. The molecular formula is C22H24N4O3. The monoisotopic (exact) mass is 392 g/mol. The third-order valence-electron chi connectivity index (χ3n) is 5.18. The number of benzene rings is 1. The normalized spacial score (nSPS) is 19.1. The van der Waals surface area contributed by atoms with Crippen molar-refractivity contribution < 1.29 is 14.6 Å². The van der Waals surface area contributed by atoms with Crippen LogP contribution < -0.4 is 5.32 Å². The van der Waals surface area contributed by atoms with Gasteiger partial charge < -0.3 is 15.2 Å². The van der Waals surface area contributed by atoms with Crippen LogP contribution in [0.3, 0.4) is 0 Å². The van der Waals surface area contributed by atoms with Crippen LogP contribution in [0.2, 0.25) is 0 Å². The van der Waals surface area contributed by atoms with Crippen molar-refractivity contribution in [3.63, 3.8) is 0 Å².